The molecule has 2 aromatic carbocycles. The SMILES string of the molecule is COC(=O)c1cc(S(=O)(=O)Nc2nnc(-c3ccc(OC)cc3)s2)ccc1C. The van der Waals surface area contributed by atoms with Crippen LogP contribution in [0, 0.1) is 6.92 Å². The highest BCUT2D eigenvalue weighted by Gasteiger charge is 2.20. The molecule has 0 unspecified atom stereocenters. The Morgan fingerprint density at radius 3 is 2.43 bits per heavy atom. The van der Waals surface area contributed by atoms with E-state index in [0.717, 1.165) is 16.9 Å². The van der Waals surface area contributed by atoms with Gasteiger partial charge in [0.15, 0.2) is 0 Å². The number of anilines is 1. The van der Waals surface area contributed by atoms with E-state index >= 15 is 0 Å². The smallest absolute Gasteiger partial charge is 0.338 e. The summed E-state index contributed by atoms with van der Waals surface area (Å²) in [7, 11) is -1.13. The van der Waals surface area contributed by atoms with E-state index in [-0.39, 0.29) is 15.6 Å². The molecule has 0 fully saturated rings. The maximum atomic E-state index is 12.7. The van der Waals surface area contributed by atoms with Crippen LogP contribution >= 0.6 is 11.3 Å². The van der Waals surface area contributed by atoms with Crippen molar-refractivity contribution >= 4 is 32.5 Å². The molecule has 1 heterocycles. The zero-order valence-corrected chi connectivity index (χ0v) is 16.9. The Hall–Kier alpha value is -2.98. The minimum absolute atomic E-state index is 0.0697. The van der Waals surface area contributed by atoms with Gasteiger partial charge in [-0.05, 0) is 48.9 Å². The fraction of sp³-hybridized carbons (Fsp3) is 0.167. The number of rotatable bonds is 6. The number of nitrogens with zero attached hydrogens (tertiary/aromatic N) is 2. The number of nitrogens with one attached hydrogen (secondary N) is 1. The zero-order valence-electron chi connectivity index (χ0n) is 15.3. The lowest BCUT2D eigenvalue weighted by molar-refractivity contribution is 0.0599. The molecule has 3 rings (SSSR count). The Bertz CT molecular complexity index is 1110. The number of hydrogen-bond acceptors (Lipinski definition) is 8. The number of carbonyl (C=O) groups excluding carboxylic acids is 1. The maximum Gasteiger partial charge on any atom is 0.338 e. The quantitative estimate of drug-likeness (QED) is 0.612. The molecule has 0 aliphatic heterocycles. The van der Waals surface area contributed by atoms with Gasteiger partial charge in [0.2, 0.25) is 5.13 Å². The van der Waals surface area contributed by atoms with E-state index in [1.807, 2.05) is 0 Å². The van der Waals surface area contributed by atoms with Gasteiger partial charge in [-0.1, -0.05) is 17.4 Å². The Labute approximate surface area is 166 Å². The fourth-order valence-electron chi connectivity index (χ4n) is 2.39. The third kappa shape index (κ3) is 4.12. The van der Waals surface area contributed by atoms with Gasteiger partial charge in [-0.3, -0.25) is 4.72 Å². The summed E-state index contributed by atoms with van der Waals surface area (Å²) < 4.78 is 37.5. The summed E-state index contributed by atoms with van der Waals surface area (Å²) in [6.07, 6.45) is 0. The van der Waals surface area contributed by atoms with Crippen LogP contribution in [0.5, 0.6) is 5.75 Å². The number of sulfonamides is 1. The molecule has 1 aromatic heterocycles. The second-order valence-corrected chi connectivity index (χ2v) is 8.37. The molecule has 0 spiro atoms. The van der Waals surface area contributed by atoms with Crippen molar-refractivity contribution in [2.45, 2.75) is 11.8 Å². The maximum absolute atomic E-state index is 12.7. The first-order chi connectivity index (χ1) is 13.3. The number of benzene rings is 2. The van der Waals surface area contributed by atoms with Gasteiger partial charge in [0.05, 0.1) is 24.7 Å². The van der Waals surface area contributed by atoms with Crippen LogP contribution in [0.2, 0.25) is 0 Å². The van der Waals surface area contributed by atoms with Gasteiger partial charge in [0.1, 0.15) is 10.8 Å². The minimum atomic E-state index is -3.94. The van der Waals surface area contributed by atoms with Crippen LogP contribution in [-0.4, -0.2) is 38.8 Å². The van der Waals surface area contributed by atoms with Gasteiger partial charge in [-0.25, -0.2) is 13.2 Å². The van der Waals surface area contributed by atoms with Gasteiger partial charge in [-0.2, -0.15) is 0 Å². The van der Waals surface area contributed by atoms with Crippen molar-refractivity contribution in [3.8, 4) is 16.3 Å². The van der Waals surface area contributed by atoms with Crippen molar-refractivity contribution in [2.24, 2.45) is 0 Å². The molecule has 0 saturated carbocycles. The Balaban J connectivity index is 1.85. The van der Waals surface area contributed by atoms with Crippen LogP contribution in [0.1, 0.15) is 15.9 Å². The molecule has 0 aliphatic carbocycles. The lowest BCUT2D eigenvalue weighted by Crippen LogP contribution is -2.14. The standard InChI is InChI=1S/C18H17N3O5S2/c1-11-4-9-14(10-15(11)17(22)26-3)28(23,24)21-18-20-19-16(27-18)12-5-7-13(25-2)8-6-12/h4-10H,1-3H3,(H,20,21). The minimum Gasteiger partial charge on any atom is -0.497 e. The van der Waals surface area contributed by atoms with E-state index in [1.165, 1.54) is 19.2 Å². The van der Waals surface area contributed by atoms with Crippen LogP contribution in [0.3, 0.4) is 0 Å². The number of carbonyl (C=O) groups is 1. The van der Waals surface area contributed by atoms with E-state index in [2.05, 4.69) is 19.7 Å². The predicted octanol–water partition coefficient (Wildman–Crippen LogP) is 3.11. The molecule has 1 N–H and O–H groups in total. The summed E-state index contributed by atoms with van der Waals surface area (Å²) in [5.74, 6) is 0.0993. The molecule has 0 bridgehead atoms. The average molecular weight is 419 g/mol. The molecule has 0 radical (unpaired) electrons. The molecular weight excluding hydrogens is 402 g/mol. The second-order valence-electron chi connectivity index (χ2n) is 5.71. The monoisotopic (exact) mass is 419 g/mol. The second kappa shape index (κ2) is 7.95. The van der Waals surface area contributed by atoms with Crippen molar-refractivity contribution in [1.82, 2.24) is 10.2 Å². The third-order valence-electron chi connectivity index (χ3n) is 3.91. The van der Waals surface area contributed by atoms with Gasteiger partial charge in [0, 0.05) is 5.56 Å². The average Bonchev–Trinajstić information content (AvgIpc) is 3.15. The molecule has 0 atom stereocenters. The number of aromatic nitrogens is 2. The highest BCUT2D eigenvalue weighted by molar-refractivity contribution is 7.93. The van der Waals surface area contributed by atoms with Gasteiger partial charge in [0.25, 0.3) is 10.0 Å². The van der Waals surface area contributed by atoms with E-state index in [1.54, 1.807) is 44.4 Å². The van der Waals surface area contributed by atoms with Crippen molar-refractivity contribution in [1.29, 1.82) is 0 Å². The molecular formula is C18H17N3O5S2. The predicted molar refractivity (Wildman–Crippen MR) is 105 cm³/mol. The summed E-state index contributed by atoms with van der Waals surface area (Å²) in [5.41, 5.74) is 1.58. The number of esters is 1. The van der Waals surface area contributed by atoms with Crippen molar-refractivity contribution in [3.05, 3.63) is 53.6 Å². The largest absolute Gasteiger partial charge is 0.497 e. The number of methoxy groups -OCH3 is 2. The molecule has 0 saturated heterocycles. The fourth-order valence-corrected chi connectivity index (χ4v) is 4.39. The Morgan fingerprint density at radius 2 is 1.79 bits per heavy atom. The Kier molecular flexibility index (Phi) is 5.61. The Morgan fingerprint density at radius 1 is 1.07 bits per heavy atom. The van der Waals surface area contributed by atoms with Gasteiger partial charge in [-0.15, -0.1) is 10.2 Å². The van der Waals surface area contributed by atoms with Crippen molar-refractivity contribution < 1.29 is 22.7 Å². The highest BCUT2D eigenvalue weighted by atomic mass is 32.2. The van der Waals surface area contributed by atoms with E-state index in [0.29, 0.717) is 16.3 Å². The molecule has 0 amide bonds. The normalized spacial score (nSPS) is 11.1. The lowest BCUT2D eigenvalue weighted by atomic mass is 10.1. The number of aryl methyl sites for hydroxylation is 1. The molecule has 10 heteroatoms. The van der Waals surface area contributed by atoms with E-state index in [9.17, 15) is 13.2 Å². The number of ether oxygens (including phenoxy) is 2. The first-order valence-corrected chi connectivity index (χ1v) is 10.3. The van der Waals surface area contributed by atoms with Crippen LogP contribution < -0.4 is 9.46 Å². The summed E-state index contributed by atoms with van der Waals surface area (Å²) in [6.45, 7) is 1.70. The summed E-state index contributed by atoms with van der Waals surface area (Å²) in [5, 5.41) is 8.58. The van der Waals surface area contributed by atoms with E-state index < -0.39 is 16.0 Å². The first kappa shape index (κ1) is 19.8. The van der Waals surface area contributed by atoms with Crippen LogP contribution in [0.4, 0.5) is 5.13 Å². The molecule has 28 heavy (non-hydrogen) atoms. The molecule has 146 valence electrons. The summed E-state index contributed by atoms with van der Waals surface area (Å²) in [4.78, 5) is 11.7. The van der Waals surface area contributed by atoms with Gasteiger partial charge < -0.3 is 9.47 Å². The first-order valence-electron chi connectivity index (χ1n) is 8.04. The molecule has 3 aromatic rings. The topological polar surface area (TPSA) is 107 Å². The van der Waals surface area contributed by atoms with Crippen molar-refractivity contribution in [3.63, 3.8) is 0 Å². The number of hydrogen-bond donors (Lipinski definition) is 1. The van der Waals surface area contributed by atoms with Crippen LogP contribution in [-0.2, 0) is 14.8 Å². The highest BCUT2D eigenvalue weighted by Crippen LogP contribution is 2.29. The summed E-state index contributed by atoms with van der Waals surface area (Å²) in [6, 6.07) is 11.4. The molecule has 0 aliphatic rings. The third-order valence-corrected chi connectivity index (χ3v) is 6.26. The van der Waals surface area contributed by atoms with Crippen LogP contribution in [0.15, 0.2) is 47.4 Å². The summed E-state index contributed by atoms with van der Waals surface area (Å²) >= 11 is 1.09. The van der Waals surface area contributed by atoms with Gasteiger partial charge >= 0.3 is 5.97 Å². The van der Waals surface area contributed by atoms with E-state index in [4.69, 9.17) is 4.74 Å². The molecule has 8 nitrogen and oxygen atoms in total. The lowest BCUT2D eigenvalue weighted by Gasteiger charge is -2.08. The zero-order chi connectivity index (χ0) is 20.3. The van der Waals surface area contributed by atoms with Crippen LogP contribution in [0.25, 0.3) is 10.6 Å². The van der Waals surface area contributed by atoms with Crippen molar-refractivity contribution in [2.75, 3.05) is 18.9 Å².